The molecule has 0 aliphatic carbocycles. The van der Waals surface area contributed by atoms with Gasteiger partial charge in [-0.3, -0.25) is 0 Å². The molecule has 5 rings (SSSR count). The Morgan fingerprint density at radius 3 is 2.34 bits per heavy atom. The Kier molecular flexibility index (Phi) is 5.05. The zero-order valence-corrected chi connectivity index (χ0v) is 17.9. The van der Waals surface area contributed by atoms with Gasteiger partial charge in [-0.05, 0) is 24.3 Å². The highest BCUT2D eigenvalue weighted by atomic mass is 32.2. The van der Waals surface area contributed by atoms with Gasteiger partial charge in [-0.2, -0.15) is 24.2 Å². The van der Waals surface area contributed by atoms with Crippen LogP contribution in [-0.4, -0.2) is 58.5 Å². The Labute approximate surface area is 185 Å². The molecule has 9 nitrogen and oxygen atoms in total. The summed E-state index contributed by atoms with van der Waals surface area (Å²) in [5.74, 6) is 1.32. The molecule has 0 spiro atoms. The third kappa shape index (κ3) is 3.57. The van der Waals surface area contributed by atoms with Gasteiger partial charge in [0.15, 0.2) is 0 Å². The molecule has 0 radical (unpaired) electrons. The van der Waals surface area contributed by atoms with Crippen molar-refractivity contribution in [3.05, 3.63) is 72.6 Å². The van der Waals surface area contributed by atoms with E-state index in [1.54, 1.807) is 4.52 Å². The Balaban J connectivity index is 1.40. The molecule has 4 aromatic rings. The number of anilines is 1. The second kappa shape index (κ2) is 8.03. The van der Waals surface area contributed by atoms with Crippen LogP contribution in [0.4, 0.5) is 5.82 Å². The van der Waals surface area contributed by atoms with E-state index < -0.39 is 10.0 Å². The second-order valence-electron chi connectivity index (χ2n) is 7.36. The average Bonchev–Trinajstić information content (AvgIpc) is 3.33. The van der Waals surface area contributed by atoms with Crippen LogP contribution in [-0.2, 0) is 10.0 Å². The summed E-state index contributed by atoms with van der Waals surface area (Å²) in [6.45, 7) is 1.68. The predicted octanol–water partition coefficient (Wildman–Crippen LogP) is 2.17. The lowest BCUT2D eigenvalue weighted by Gasteiger charge is -2.35. The summed E-state index contributed by atoms with van der Waals surface area (Å²) in [6.07, 6.45) is 1.46. The summed E-state index contributed by atoms with van der Waals surface area (Å²) >= 11 is 0. The number of sulfonamides is 1. The Bertz CT molecular complexity index is 1400. The minimum atomic E-state index is -3.63. The first-order valence-electron chi connectivity index (χ1n) is 10.1. The largest absolute Gasteiger partial charge is 0.354 e. The molecule has 1 fully saturated rings. The number of nitrogens with zero attached hydrogens (tertiary/aromatic N) is 7. The average molecular weight is 446 g/mol. The highest BCUT2D eigenvalue weighted by Gasteiger charge is 2.29. The molecule has 3 heterocycles. The molecule has 0 bridgehead atoms. The molecule has 2 aromatic heterocycles. The molecule has 0 N–H and O–H groups in total. The molecule has 160 valence electrons. The molecule has 32 heavy (non-hydrogen) atoms. The van der Waals surface area contributed by atoms with E-state index in [0.717, 1.165) is 17.1 Å². The number of hydrogen-bond acceptors (Lipinski definition) is 7. The third-order valence-electron chi connectivity index (χ3n) is 5.49. The van der Waals surface area contributed by atoms with Crippen molar-refractivity contribution in [3.8, 4) is 17.3 Å². The molecule has 0 saturated carbocycles. The van der Waals surface area contributed by atoms with E-state index in [9.17, 15) is 8.42 Å². The summed E-state index contributed by atoms with van der Waals surface area (Å²) in [7, 11) is -3.63. The summed E-state index contributed by atoms with van der Waals surface area (Å²) < 4.78 is 29.2. The van der Waals surface area contributed by atoms with E-state index in [0.29, 0.717) is 37.5 Å². The van der Waals surface area contributed by atoms with Crippen LogP contribution in [0.25, 0.3) is 17.0 Å². The molecule has 2 aromatic carbocycles. The van der Waals surface area contributed by atoms with Gasteiger partial charge in [-0.25, -0.2) is 13.4 Å². The summed E-state index contributed by atoms with van der Waals surface area (Å²) in [6, 6.07) is 19.8. The van der Waals surface area contributed by atoms with Gasteiger partial charge in [0.2, 0.25) is 10.0 Å². The van der Waals surface area contributed by atoms with Crippen LogP contribution in [0, 0.1) is 11.3 Å². The minimum absolute atomic E-state index is 0.193. The van der Waals surface area contributed by atoms with Crippen molar-refractivity contribution in [1.82, 2.24) is 23.9 Å². The third-order valence-corrected chi connectivity index (χ3v) is 7.40. The molecular weight excluding hydrogens is 426 g/mol. The quantitative estimate of drug-likeness (QED) is 0.474. The van der Waals surface area contributed by atoms with Crippen molar-refractivity contribution in [3.63, 3.8) is 0 Å². The van der Waals surface area contributed by atoms with Gasteiger partial charge in [0.25, 0.3) is 5.78 Å². The molecule has 0 unspecified atom stereocenters. The zero-order chi connectivity index (χ0) is 22.1. The standard InChI is InChI=1S/C22H19N7O2S/c23-15-17-6-8-19(9-7-17)32(30,31)28-12-10-27(11-13-28)21-14-20(18-4-2-1-3-5-18)26-22-24-16-25-29(21)22/h1-9,14,16H,10-13H2. The fourth-order valence-corrected chi connectivity index (χ4v) is 5.21. The lowest BCUT2D eigenvalue weighted by atomic mass is 10.1. The van der Waals surface area contributed by atoms with Gasteiger partial charge in [0.1, 0.15) is 12.1 Å². The van der Waals surface area contributed by atoms with E-state index >= 15 is 0 Å². The second-order valence-corrected chi connectivity index (χ2v) is 9.30. The lowest BCUT2D eigenvalue weighted by Crippen LogP contribution is -2.49. The number of fused-ring (bicyclic) bond motifs is 1. The number of hydrogen-bond donors (Lipinski definition) is 0. The summed E-state index contributed by atoms with van der Waals surface area (Å²) in [5.41, 5.74) is 2.19. The number of nitriles is 1. The van der Waals surface area contributed by atoms with Gasteiger partial charge in [-0.1, -0.05) is 30.3 Å². The fourth-order valence-electron chi connectivity index (χ4n) is 3.79. The van der Waals surface area contributed by atoms with E-state index in [1.165, 1.54) is 34.9 Å². The molecule has 1 aliphatic rings. The Morgan fingerprint density at radius 2 is 1.66 bits per heavy atom. The monoisotopic (exact) mass is 445 g/mol. The summed E-state index contributed by atoms with van der Waals surface area (Å²) in [4.78, 5) is 11.1. The highest BCUT2D eigenvalue weighted by Crippen LogP contribution is 2.26. The number of aromatic nitrogens is 4. The van der Waals surface area contributed by atoms with Crippen LogP contribution in [0.2, 0.25) is 0 Å². The van der Waals surface area contributed by atoms with Crippen molar-refractivity contribution < 1.29 is 8.42 Å². The van der Waals surface area contributed by atoms with Crippen LogP contribution in [0.5, 0.6) is 0 Å². The zero-order valence-electron chi connectivity index (χ0n) is 17.0. The first-order chi connectivity index (χ1) is 15.6. The first-order valence-corrected chi connectivity index (χ1v) is 11.5. The maximum atomic E-state index is 13.0. The fraction of sp³-hybridized carbons (Fsp3) is 0.182. The van der Waals surface area contributed by atoms with E-state index in [2.05, 4.69) is 20.0 Å². The van der Waals surface area contributed by atoms with E-state index in [1.807, 2.05) is 42.5 Å². The van der Waals surface area contributed by atoms with Crippen molar-refractivity contribution in [1.29, 1.82) is 5.26 Å². The van der Waals surface area contributed by atoms with Crippen LogP contribution in [0.15, 0.2) is 71.9 Å². The molecule has 0 atom stereocenters. The molecule has 1 saturated heterocycles. The Hall–Kier alpha value is -3.81. The van der Waals surface area contributed by atoms with E-state index in [-0.39, 0.29) is 4.90 Å². The van der Waals surface area contributed by atoms with Gasteiger partial charge in [-0.15, -0.1) is 0 Å². The smallest absolute Gasteiger partial charge is 0.254 e. The summed E-state index contributed by atoms with van der Waals surface area (Å²) in [5, 5.41) is 13.2. The van der Waals surface area contributed by atoms with Crippen molar-refractivity contribution in [2.75, 3.05) is 31.1 Å². The Morgan fingerprint density at radius 1 is 0.938 bits per heavy atom. The molecule has 10 heteroatoms. The topological polar surface area (TPSA) is 107 Å². The van der Waals surface area contributed by atoms with Crippen molar-refractivity contribution in [2.24, 2.45) is 0 Å². The molecule has 1 aliphatic heterocycles. The number of piperazine rings is 1. The van der Waals surface area contributed by atoms with Gasteiger partial charge < -0.3 is 4.90 Å². The highest BCUT2D eigenvalue weighted by molar-refractivity contribution is 7.89. The van der Waals surface area contributed by atoms with Crippen LogP contribution < -0.4 is 4.90 Å². The van der Waals surface area contributed by atoms with Crippen molar-refractivity contribution >= 4 is 21.6 Å². The van der Waals surface area contributed by atoms with Crippen molar-refractivity contribution in [2.45, 2.75) is 4.90 Å². The first kappa shape index (κ1) is 20.1. The predicted molar refractivity (Wildman–Crippen MR) is 118 cm³/mol. The maximum Gasteiger partial charge on any atom is 0.254 e. The van der Waals surface area contributed by atoms with Gasteiger partial charge in [0, 0.05) is 37.8 Å². The van der Waals surface area contributed by atoms with Crippen LogP contribution in [0.3, 0.4) is 0 Å². The molecule has 0 amide bonds. The lowest BCUT2D eigenvalue weighted by molar-refractivity contribution is 0.383. The van der Waals surface area contributed by atoms with Gasteiger partial charge >= 0.3 is 0 Å². The van der Waals surface area contributed by atoms with E-state index in [4.69, 9.17) is 5.26 Å². The normalized spacial score (nSPS) is 15.0. The van der Waals surface area contributed by atoms with Crippen LogP contribution in [0.1, 0.15) is 5.56 Å². The van der Waals surface area contributed by atoms with Crippen LogP contribution >= 0.6 is 0 Å². The molecular formula is C22H19N7O2S. The minimum Gasteiger partial charge on any atom is -0.354 e. The van der Waals surface area contributed by atoms with Gasteiger partial charge in [0.05, 0.1) is 22.2 Å². The SMILES string of the molecule is N#Cc1ccc(S(=O)(=O)N2CCN(c3cc(-c4ccccc4)nc4ncnn34)CC2)cc1. The number of rotatable bonds is 4. The maximum absolute atomic E-state index is 13.0. The number of benzene rings is 2.